The fourth-order valence-corrected chi connectivity index (χ4v) is 2.20. The Labute approximate surface area is 102 Å². The molecule has 8 heteroatoms. The molecule has 0 radical (unpaired) electrons. The molecule has 0 aliphatic carbocycles. The Morgan fingerprint density at radius 2 is 2.06 bits per heavy atom. The van der Waals surface area contributed by atoms with Gasteiger partial charge in [-0.3, -0.25) is 14.5 Å². The number of carboxylic acids is 1. The summed E-state index contributed by atoms with van der Waals surface area (Å²) < 4.78 is 3.65. The molecule has 17 heavy (non-hydrogen) atoms. The second kappa shape index (κ2) is 5.19. The lowest BCUT2D eigenvalue weighted by Crippen LogP contribution is -2.49. The number of carbonyl (C=O) groups excluding carboxylic acids is 1. The normalized spacial score (nSPS) is 17.1. The molecule has 1 aromatic heterocycles. The van der Waals surface area contributed by atoms with Crippen LogP contribution in [0.1, 0.15) is 9.67 Å². The number of piperazine rings is 1. The predicted octanol–water partition coefficient (Wildman–Crippen LogP) is -0.619. The minimum absolute atomic E-state index is 0.0319. The highest BCUT2D eigenvalue weighted by atomic mass is 32.1. The predicted molar refractivity (Wildman–Crippen MR) is 59.9 cm³/mol. The fourth-order valence-electron chi connectivity index (χ4n) is 1.72. The Balaban J connectivity index is 1.87. The first-order chi connectivity index (χ1) is 8.16. The van der Waals surface area contributed by atoms with Gasteiger partial charge in [0.25, 0.3) is 5.91 Å². The van der Waals surface area contributed by atoms with Crippen LogP contribution in [0.5, 0.6) is 0 Å². The molecule has 2 rings (SSSR count). The first-order valence-corrected chi connectivity index (χ1v) is 5.95. The molecule has 92 valence electrons. The topological polar surface area (TPSA) is 86.6 Å². The van der Waals surface area contributed by atoms with Gasteiger partial charge >= 0.3 is 5.97 Å². The van der Waals surface area contributed by atoms with Gasteiger partial charge in [-0.2, -0.15) is 0 Å². The number of carboxylic acid groups (broad SMARTS) is 1. The van der Waals surface area contributed by atoms with Gasteiger partial charge < -0.3 is 10.0 Å². The molecule has 7 nitrogen and oxygen atoms in total. The van der Waals surface area contributed by atoms with E-state index in [9.17, 15) is 9.59 Å². The summed E-state index contributed by atoms with van der Waals surface area (Å²) in [4.78, 5) is 26.5. The monoisotopic (exact) mass is 256 g/mol. The number of aromatic nitrogens is 2. The van der Waals surface area contributed by atoms with E-state index in [-0.39, 0.29) is 12.5 Å². The number of hydrogen-bond acceptors (Lipinski definition) is 6. The Kier molecular flexibility index (Phi) is 3.64. The van der Waals surface area contributed by atoms with Crippen LogP contribution in [0.2, 0.25) is 0 Å². The Morgan fingerprint density at radius 3 is 2.59 bits per heavy atom. The SMILES string of the molecule is O=C(O)CN1CCN(C(=O)c2cnns2)CC1. The van der Waals surface area contributed by atoms with Crippen molar-refractivity contribution in [3.63, 3.8) is 0 Å². The Hall–Kier alpha value is -1.54. The molecule has 0 aromatic carbocycles. The second-order valence-corrected chi connectivity index (χ2v) is 4.53. The van der Waals surface area contributed by atoms with Crippen LogP contribution in [0.3, 0.4) is 0 Å². The van der Waals surface area contributed by atoms with Crippen molar-refractivity contribution in [2.24, 2.45) is 0 Å². The van der Waals surface area contributed by atoms with Gasteiger partial charge in [0.05, 0.1) is 12.7 Å². The molecule has 1 aliphatic heterocycles. The van der Waals surface area contributed by atoms with Gasteiger partial charge in [0, 0.05) is 26.2 Å². The molecule has 1 N–H and O–H groups in total. The molecular formula is C9H12N4O3S. The van der Waals surface area contributed by atoms with Crippen LogP contribution < -0.4 is 0 Å². The minimum atomic E-state index is -0.837. The van der Waals surface area contributed by atoms with Crippen molar-refractivity contribution >= 4 is 23.4 Å². The quantitative estimate of drug-likeness (QED) is 0.775. The van der Waals surface area contributed by atoms with Crippen molar-refractivity contribution < 1.29 is 14.7 Å². The van der Waals surface area contributed by atoms with Crippen molar-refractivity contribution in [1.29, 1.82) is 0 Å². The lowest BCUT2D eigenvalue weighted by atomic mass is 10.3. The number of aliphatic carboxylic acids is 1. The highest BCUT2D eigenvalue weighted by Crippen LogP contribution is 2.10. The summed E-state index contributed by atoms with van der Waals surface area (Å²) in [7, 11) is 0. The standard InChI is InChI=1S/C9H12N4O3S/c14-8(15)6-12-1-3-13(4-2-12)9(16)7-5-10-11-17-7/h5H,1-4,6H2,(H,14,15). The summed E-state index contributed by atoms with van der Waals surface area (Å²) in [6, 6.07) is 0. The first-order valence-electron chi connectivity index (χ1n) is 5.17. The summed E-state index contributed by atoms with van der Waals surface area (Å²) in [6.07, 6.45) is 1.45. The van der Waals surface area contributed by atoms with Crippen molar-refractivity contribution in [3.05, 3.63) is 11.1 Å². The maximum absolute atomic E-state index is 11.9. The van der Waals surface area contributed by atoms with E-state index >= 15 is 0 Å². The summed E-state index contributed by atoms with van der Waals surface area (Å²) >= 11 is 1.08. The zero-order valence-corrected chi connectivity index (χ0v) is 9.89. The van der Waals surface area contributed by atoms with E-state index in [2.05, 4.69) is 9.59 Å². The number of carbonyl (C=O) groups is 2. The molecule has 1 aliphatic rings. The number of hydrogen-bond donors (Lipinski definition) is 1. The van der Waals surface area contributed by atoms with Gasteiger partial charge in [-0.25, -0.2) is 0 Å². The highest BCUT2D eigenvalue weighted by Gasteiger charge is 2.24. The van der Waals surface area contributed by atoms with E-state index in [4.69, 9.17) is 5.11 Å². The number of nitrogens with zero attached hydrogens (tertiary/aromatic N) is 4. The number of rotatable bonds is 3. The van der Waals surface area contributed by atoms with E-state index in [1.165, 1.54) is 6.20 Å². The average molecular weight is 256 g/mol. The molecule has 2 heterocycles. The molecule has 1 fully saturated rings. The van der Waals surface area contributed by atoms with Crippen LogP contribution in [0.15, 0.2) is 6.20 Å². The summed E-state index contributed by atoms with van der Waals surface area (Å²) in [5, 5.41) is 12.3. The molecule has 0 atom stereocenters. The molecule has 0 saturated carbocycles. The van der Waals surface area contributed by atoms with Crippen LogP contribution in [0.25, 0.3) is 0 Å². The molecule has 1 aromatic rings. The molecular weight excluding hydrogens is 244 g/mol. The highest BCUT2D eigenvalue weighted by molar-refractivity contribution is 7.07. The molecule has 1 saturated heterocycles. The van der Waals surface area contributed by atoms with Gasteiger partial charge in [0.15, 0.2) is 0 Å². The summed E-state index contributed by atoms with van der Waals surface area (Å²) in [6.45, 7) is 2.30. The fraction of sp³-hybridized carbons (Fsp3) is 0.556. The third kappa shape index (κ3) is 2.98. The minimum Gasteiger partial charge on any atom is -0.480 e. The van der Waals surface area contributed by atoms with Crippen LogP contribution >= 0.6 is 11.5 Å². The summed E-state index contributed by atoms with van der Waals surface area (Å²) in [5.74, 6) is -0.911. The Morgan fingerprint density at radius 1 is 1.35 bits per heavy atom. The van der Waals surface area contributed by atoms with Gasteiger partial charge in [-0.05, 0) is 11.5 Å². The van der Waals surface area contributed by atoms with E-state index in [0.29, 0.717) is 31.1 Å². The van der Waals surface area contributed by atoms with Gasteiger partial charge in [0.1, 0.15) is 4.88 Å². The smallest absolute Gasteiger partial charge is 0.317 e. The largest absolute Gasteiger partial charge is 0.480 e. The first kappa shape index (κ1) is 11.9. The van der Waals surface area contributed by atoms with Crippen molar-refractivity contribution in [2.75, 3.05) is 32.7 Å². The molecule has 0 bridgehead atoms. The van der Waals surface area contributed by atoms with Crippen LogP contribution in [-0.4, -0.2) is 69.1 Å². The lowest BCUT2D eigenvalue weighted by molar-refractivity contribution is -0.138. The van der Waals surface area contributed by atoms with Gasteiger partial charge in [0.2, 0.25) is 0 Å². The molecule has 0 spiro atoms. The third-order valence-corrected chi connectivity index (χ3v) is 3.24. The van der Waals surface area contributed by atoms with Gasteiger partial charge in [-0.15, -0.1) is 5.10 Å². The van der Waals surface area contributed by atoms with Crippen LogP contribution in [0, 0.1) is 0 Å². The third-order valence-electron chi connectivity index (χ3n) is 2.59. The number of amides is 1. The van der Waals surface area contributed by atoms with E-state index in [0.717, 1.165) is 11.5 Å². The van der Waals surface area contributed by atoms with E-state index in [1.54, 1.807) is 4.90 Å². The maximum atomic E-state index is 11.9. The summed E-state index contributed by atoms with van der Waals surface area (Å²) in [5.41, 5.74) is 0. The van der Waals surface area contributed by atoms with Crippen molar-refractivity contribution in [1.82, 2.24) is 19.4 Å². The maximum Gasteiger partial charge on any atom is 0.317 e. The van der Waals surface area contributed by atoms with Gasteiger partial charge in [-0.1, -0.05) is 4.49 Å². The average Bonchev–Trinajstić information content (AvgIpc) is 2.82. The zero-order valence-electron chi connectivity index (χ0n) is 9.07. The molecule has 0 unspecified atom stereocenters. The van der Waals surface area contributed by atoms with Crippen LogP contribution in [-0.2, 0) is 4.79 Å². The van der Waals surface area contributed by atoms with Crippen LogP contribution in [0.4, 0.5) is 0 Å². The Bertz CT molecular complexity index is 400. The van der Waals surface area contributed by atoms with Crippen molar-refractivity contribution in [3.8, 4) is 0 Å². The van der Waals surface area contributed by atoms with E-state index < -0.39 is 5.97 Å². The molecule has 1 amide bonds. The van der Waals surface area contributed by atoms with E-state index in [1.807, 2.05) is 4.90 Å². The second-order valence-electron chi connectivity index (χ2n) is 3.74. The zero-order chi connectivity index (χ0) is 12.3. The lowest BCUT2D eigenvalue weighted by Gasteiger charge is -2.33. The van der Waals surface area contributed by atoms with Crippen molar-refractivity contribution in [2.45, 2.75) is 0 Å².